The molecule has 0 saturated heterocycles. The van der Waals surface area contributed by atoms with Gasteiger partial charge in [-0.15, -0.1) is 0 Å². The topological polar surface area (TPSA) is 174 Å². The smallest absolute Gasteiger partial charge is 0.306 e. The zero-order valence-corrected chi connectivity index (χ0v) is 29.8. The number of hydrogen-bond acceptors (Lipinski definition) is 11. The molecule has 0 radical (unpaired) electrons. The van der Waals surface area contributed by atoms with E-state index < -0.39 is 5.97 Å². The summed E-state index contributed by atoms with van der Waals surface area (Å²) in [6.07, 6.45) is 0.605. The molecule has 0 fully saturated rings. The fourth-order valence-electron chi connectivity index (χ4n) is 4.06. The summed E-state index contributed by atoms with van der Waals surface area (Å²) in [4.78, 5) is 30.7. The van der Waals surface area contributed by atoms with Gasteiger partial charge in [0.2, 0.25) is 11.8 Å². The first-order valence-corrected chi connectivity index (χ1v) is 16.0. The van der Waals surface area contributed by atoms with Crippen LogP contribution in [-0.2, 0) is 27.2 Å². The van der Waals surface area contributed by atoms with E-state index in [1.54, 1.807) is 19.1 Å². The highest BCUT2D eigenvalue weighted by atomic mass is 35.5. The highest BCUT2D eigenvalue weighted by Crippen LogP contribution is 2.38. The van der Waals surface area contributed by atoms with Crippen molar-refractivity contribution in [3.63, 3.8) is 0 Å². The first-order valence-electron chi connectivity index (χ1n) is 14.5. The van der Waals surface area contributed by atoms with Gasteiger partial charge in [-0.25, -0.2) is 9.97 Å². The lowest BCUT2D eigenvalue weighted by Crippen LogP contribution is -2.06. The quantitative estimate of drug-likeness (QED) is 0.129. The summed E-state index contributed by atoms with van der Waals surface area (Å²) in [5.41, 5.74) is 1.70. The number of aromatic nitrogens is 2. The van der Waals surface area contributed by atoms with Crippen molar-refractivity contribution in [2.45, 2.75) is 32.6 Å². The molecular weight excluding hydrogens is 734 g/mol. The third-order valence-corrected chi connectivity index (χ3v) is 7.35. The van der Waals surface area contributed by atoms with Crippen LogP contribution in [0.5, 0.6) is 34.8 Å². The molecule has 0 spiro atoms. The highest BCUT2D eigenvalue weighted by Gasteiger charge is 2.17. The summed E-state index contributed by atoms with van der Waals surface area (Å²) in [7, 11) is 2.83. The van der Waals surface area contributed by atoms with E-state index in [0.717, 1.165) is 0 Å². The van der Waals surface area contributed by atoms with Gasteiger partial charge in [0.25, 0.3) is 0 Å². The van der Waals surface area contributed by atoms with E-state index in [2.05, 4.69) is 9.97 Å². The molecular formula is C34H28Cl4N4O8. The summed E-state index contributed by atoms with van der Waals surface area (Å²) in [5, 5.41) is 27.8. The molecule has 260 valence electrons. The molecule has 2 aromatic heterocycles. The van der Waals surface area contributed by atoms with Gasteiger partial charge in [-0.2, -0.15) is 10.5 Å². The lowest BCUT2D eigenvalue weighted by Gasteiger charge is -2.12. The Hall–Kier alpha value is -4.98. The number of pyridine rings is 2. The van der Waals surface area contributed by atoms with Crippen molar-refractivity contribution < 1.29 is 38.4 Å². The van der Waals surface area contributed by atoms with Gasteiger partial charge in [0, 0.05) is 46.4 Å². The predicted octanol–water partition coefficient (Wildman–Crippen LogP) is 8.63. The van der Waals surface area contributed by atoms with Crippen LogP contribution < -0.4 is 18.9 Å². The van der Waals surface area contributed by atoms with E-state index >= 15 is 0 Å². The second kappa shape index (κ2) is 19.3. The van der Waals surface area contributed by atoms with Gasteiger partial charge in [-0.1, -0.05) is 46.4 Å². The van der Waals surface area contributed by atoms with Crippen molar-refractivity contribution in [3.05, 3.63) is 91.1 Å². The number of nitriles is 2. The molecule has 2 aromatic carbocycles. The second-order valence-electron chi connectivity index (χ2n) is 9.85. The average Bonchev–Trinajstić information content (AvgIpc) is 3.08. The SMILES string of the molecule is CCOC(=O)CCc1cc(Oc2cc(Cl)cc(C#N)c2)c(Cl)c(OC)n1.COc1nc(CCC(=O)O)cc(Oc2cc(Cl)cc(C#N)c2)c1Cl. The van der Waals surface area contributed by atoms with Gasteiger partial charge >= 0.3 is 11.9 Å². The van der Waals surface area contributed by atoms with E-state index in [9.17, 15) is 9.59 Å². The summed E-state index contributed by atoms with van der Waals surface area (Å²) < 4.78 is 26.6. The zero-order chi connectivity index (χ0) is 36.8. The fourth-order valence-corrected chi connectivity index (χ4v) is 4.94. The van der Waals surface area contributed by atoms with E-state index in [0.29, 0.717) is 57.1 Å². The van der Waals surface area contributed by atoms with Crippen molar-refractivity contribution in [2.75, 3.05) is 20.8 Å². The summed E-state index contributed by atoms with van der Waals surface area (Å²) >= 11 is 24.4. The summed E-state index contributed by atoms with van der Waals surface area (Å²) in [6.45, 7) is 2.06. The van der Waals surface area contributed by atoms with Crippen LogP contribution in [0.25, 0.3) is 0 Å². The Bertz CT molecular complexity index is 1950. The predicted molar refractivity (Wildman–Crippen MR) is 185 cm³/mol. The molecule has 0 saturated carbocycles. The van der Waals surface area contributed by atoms with Crippen molar-refractivity contribution in [1.29, 1.82) is 10.5 Å². The Kier molecular flexibility index (Phi) is 15.2. The first-order chi connectivity index (χ1) is 23.9. The number of esters is 1. The zero-order valence-electron chi connectivity index (χ0n) is 26.8. The number of benzene rings is 2. The van der Waals surface area contributed by atoms with E-state index in [4.69, 9.17) is 85.7 Å². The van der Waals surface area contributed by atoms with Crippen LogP contribution in [0.1, 0.15) is 42.3 Å². The Labute approximate surface area is 307 Å². The normalized spacial score (nSPS) is 10.1. The number of hydrogen-bond donors (Lipinski definition) is 1. The third-order valence-electron chi connectivity index (χ3n) is 6.22. The first kappa shape index (κ1) is 39.5. The fraction of sp³-hybridized carbons (Fsp3) is 0.235. The van der Waals surface area contributed by atoms with Crippen LogP contribution in [0.3, 0.4) is 0 Å². The van der Waals surface area contributed by atoms with Gasteiger partial charge in [0.05, 0.1) is 56.9 Å². The number of carbonyl (C=O) groups is 2. The van der Waals surface area contributed by atoms with Gasteiger partial charge in [0.1, 0.15) is 21.5 Å². The van der Waals surface area contributed by atoms with E-state index in [-0.39, 0.29) is 58.5 Å². The molecule has 0 aliphatic carbocycles. The second-order valence-corrected chi connectivity index (χ2v) is 11.5. The molecule has 2 heterocycles. The Morgan fingerprint density at radius 3 is 1.54 bits per heavy atom. The van der Waals surface area contributed by atoms with E-state index in [1.165, 1.54) is 50.6 Å². The molecule has 0 bridgehead atoms. The number of nitrogens with zero attached hydrogens (tertiary/aromatic N) is 4. The molecule has 0 unspecified atom stereocenters. The van der Waals surface area contributed by atoms with Crippen molar-refractivity contribution in [1.82, 2.24) is 9.97 Å². The number of aryl methyl sites for hydroxylation is 2. The Balaban J connectivity index is 0.000000271. The number of ether oxygens (including phenoxy) is 5. The molecule has 4 aromatic rings. The van der Waals surface area contributed by atoms with Crippen molar-refractivity contribution in [3.8, 4) is 46.9 Å². The lowest BCUT2D eigenvalue weighted by molar-refractivity contribution is -0.143. The monoisotopic (exact) mass is 760 g/mol. The number of methoxy groups -OCH3 is 2. The van der Waals surface area contributed by atoms with Crippen molar-refractivity contribution in [2.24, 2.45) is 0 Å². The molecule has 4 rings (SSSR count). The summed E-state index contributed by atoms with van der Waals surface area (Å²) in [6, 6.07) is 16.3. The van der Waals surface area contributed by atoms with Gasteiger partial charge in [-0.3, -0.25) is 9.59 Å². The van der Waals surface area contributed by atoms with Gasteiger partial charge in [0.15, 0.2) is 11.5 Å². The number of carboxylic acids is 1. The largest absolute Gasteiger partial charge is 0.481 e. The minimum atomic E-state index is -0.943. The van der Waals surface area contributed by atoms with Crippen LogP contribution in [0.4, 0.5) is 0 Å². The molecule has 0 aliphatic heterocycles. The standard InChI is InChI=1S/C18H16Cl2N2O4.C16H12Cl2N2O4/c1-3-25-16(23)5-4-13-9-15(17(20)18(22-13)24-2)26-14-7-11(10-21)6-12(19)8-14;1-23-16-15(18)13(7-11(20-16)2-3-14(21)22)24-12-5-9(8-19)4-10(17)6-12/h6-9H,3-5H2,1-2H3;4-7H,2-3H2,1H3,(H,21,22). The molecule has 0 aliphatic rings. The van der Waals surface area contributed by atoms with Crippen LogP contribution in [0.2, 0.25) is 20.1 Å². The summed E-state index contributed by atoms with van der Waals surface area (Å²) in [5.74, 6) is 0.209. The Morgan fingerprint density at radius 2 is 1.16 bits per heavy atom. The molecule has 50 heavy (non-hydrogen) atoms. The molecule has 1 N–H and O–H groups in total. The molecule has 0 amide bonds. The van der Waals surface area contributed by atoms with Crippen LogP contribution in [0, 0.1) is 22.7 Å². The lowest BCUT2D eigenvalue weighted by atomic mass is 10.2. The molecule has 12 nitrogen and oxygen atoms in total. The minimum absolute atomic E-state index is 0.0903. The maximum absolute atomic E-state index is 11.5. The third kappa shape index (κ3) is 11.9. The number of rotatable bonds is 13. The van der Waals surface area contributed by atoms with Crippen LogP contribution in [0.15, 0.2) is 48.5 Å². The van der Waals surface area contributed by atoms with Crippen LogP contribution in [-0.4, -0.2) is 47.8 Å². The minimum Gasteiger partial charge on any atom is -0.481 e. The van der Waals surface area contributed by atoms with Crippen LogP contribution >= 0.6 is 46.4 Å². The average molecular weight is 762 g/mol. The Morgan fingerprint density at radius 1 is 0.720 bits per heavy atom. The molecule has 0 atom stereocenters. The molecule has 16 heteroatoms. The highest BCUT2D eigenvalue weighted by molar-refractivity contribution is 6.34. The van der Waals surface area contributed by atoms with Gasteiger partial charge in [-0.05, 0) is 43.3 Å². The van der Waals surface area contributed by atoms with Gasteiger partial charge < -0.3 is 28.8 Å². The van der Waals surface area contributed by atoms with E-state index in [1.807, 2.05) is 12.1 Å². The number of aliphatic carboxylic acids is 1. The van der Waals surface area contributed by atoms with Crippen molar-refractivity contribution >= 4 is 58.3 Å². The number of carbonyl (C=O) groups excluding carboxylic acids is 1. The maximum Gasteiger partial charge on any atom is 0.306 e. The maximum atomic E-state index is 11.5. The number of carboxylic acid groups (broad SMARTS) is 1. The number of halogens is 4.